The summed E-state index contributed by atoms with van der Waals surface area (Å²) in [5.41, 5.74) is 0.854. The second-order valence-corrected chi connectivity index (χ2v) is 7.33. The lowest BCUT2D eigenvalue weighted by Gasteiger charge is -2.24. The van der Waals surface area contributed by atoms with Gasteiger partial charge in [0.2, 0.25) is 0 Å². The second kappa shape index (κ2) is 5.69. The molecule has 5 heteroatoms. The van der Waals surface area contributed by atoms with Crippen molar-refractivity contribution in [2.45, 2.75) is 45.6 Å². The van der Waals surface area contributed by atoms with Gasteiger partial charge in [-0.3, -0.25) is 9.69 Å². The van der Waals surface area contributed by atoms with E-state index < -0.39 is 17.5 Å². The first-order chi connectivity index (χ1) is 10.6. The molecule has 1 heterocycles. The van der Waals surface area contributed by atoms with Crippen LogP contribution in [-0.2, 0) is 15.7 Å². The Balaban J connectivity index is 2.30. The lowest BCUT2D eigenvalue weighted by Crippen LogP contribution is -2.41. The number of rotatable bonds is 3. The minimum atomic E-state index is -1.08. The Labute approximate surface area is 137 Å². The Morgan fingerprint density at radius 1 is 1.26 bits per heavy atom. The molecular formula is C18H23N3O2. The van der Waals surface area contributed by atoms with Crippen molar-refractivity contribution in [1.29, 1.82) is 5.26 Å². The van der Waals surface area contributed by atoms with Crippen LogP contribution in [0, 0.1) is 17.2 Å². The molecule has 1 fully saturated rings. The number of nitriles is 1. The predicted octanol–water partition coefficient (Wildman–Crippen LogP) is 2.91. The maximum atomic E-state index is 12.7. The van der Waals surface area contributed by atoms with Crippen molar-refractivity contribution in [3.63, 3.8) is 0 Å². The zero-order valence-corrected chi connectivity index (χ0v) is 14.3. The van der Waals surface area contributed by atoms with Crippen LogP contribution in [0.15, 0.2) is 24.3 Å². The van der Waals surface area contributed by atoms with Crippen LogP contribution in [-0.4, -0.2) is 23.4 Å². The van der Waals surface area contributed by atoms with E-state index in [0.717, 1.165) is 16.0 Å². The molecule has 2 rings (SSSR count). The number of hydrogen-bond acceptors (Lipinski definition) is 3. The fourth-order valence-corrected chi connectivity index (χ4v) is 2.68. The molecule has 1 N–H and O–H groups in total. The SMILES string of the molecule is CC(C#N)CN1C(=O)NC(C)(c2ccc(C(C)(C)C)cc2)C1=O. The van der Waals surface area contributed by atoms with Gasteiger partial charge in [-0.15, -0.1) is 0 Å². The topological polar surface area (TPSA) is 73.2 Å². The average Bonchev–Trinajstić information content (AvgIpc) is 2.71. The number of benzene rings is 1. The average molecular weight is 313 g/mol. The molecule has 0 aromatic heterocycles. The van der Waals surface area contributed by atoms with Gasteiger partial charge in [0.15, 0.2) is 0 Å². The highest BCUT2D eigenvalue weighted by molar-refractivity contribution is 6.07. The third kappa shape index (κ3) is 3.07. The second-order valence-electron chi connectivity index (χ2n) is 7.33. The molecule has 1 aliphatic heterocycles. The Kier molecular flexibility index (Phi) is 4.21. The fraction of sp³-hybridized carbons (Fsp3) is 0.500. The van der Waals surface area contributed by atoms with Crippen molar-refractivity contribution in [3.05, 3.63) is 35.4 Å². The zero-order valence-electron chi connectivity index (χ0n) is 14.3. The molecule has 3 amide bonds. The van der Waals surface area contributed by atoms with Gasteiger partial charge in [0.1, 0.15) is 5.54 Å². The summed E-state index contributed by atoms with van der Waals surface area (Å²) in [6, 6.07) is 9.35. The molecule has 0 spiro atoms. The van der Waals surface area contributed by atoms with Crippen LogP contribution in [0.25, 0.3) is 0 Å². The van der Waals surface area contributed by atoms with Crippen LogP contribution in [0.1, 0.15) is 45.7 Å². The number of nitrogens with zero attached hydrogens (tertiary/aromatic N) is 2. The molecule has 0 saturated carbocycles. The van der Waals surface area contributed by atoms with Crippen LogP contribution in [0.4, 0.5) is 4.79 Å². The Morgan fingerprint density at radius 2 is 1.83 bits per heavy atom. The summed E-state index contributed by atoms with van der Waals surface area (Å²) >= 11 is 0. The molecule has 2 atom stereocenters. The smallest absolute Gasteiger partial charge is 0.319 e. The number of hydrogen-bond donors (Lipinski definition) is 1. The van der Waals surface area contributed by atoms with Crippen molar-refractivity contribution in [3.8, 4) is 6.07 Å². The summed E-state index contributed by atoms with van der Waals surface area (Å²) in [5.74, 6) is -0.705. The van der Waals surface area contributed by atoms with E-state index >= 15 is 0 Å². The number of carbonyl (C=O) groups excluding carboxylic acids is 2. The van der Waals surface area contributed by atoms with Gasteiger partial charge in [0.25, 0.3) is 5.91 Å². The highest BCUT2D eigenvalue weighted by atomic mass is 16.2. The van der Waals surface area contributed by atoms with Gasteiger partial charge < -0.3 is 5.32 Å². The third-order valence-corrected chi connectivity index (χ3v) is 4.28. The van der Waals surface area contributed by atoms with E-state index in [0.29, 0.717) is 0 Å². The first kappa shape index (κ1) is 17.0. The van der Waals surface area contributed by atoms with E-state index in [1.807, 2.05) is 24.3 Å². The van der Waals surface area contributed by atoms with E-state index in [1.54, 1.807) is 13.8 Å². The Morgan fingerprint density at radius 3 is 2.30 bits per heavy atom. The zero-order chi connectivity index (χ0) is 17.4. The van der Waals surface area contributed by atoms with Crippen molar-refractivity contribution >= 4 is 11.9 Å². The van der Waals surface area contributed by atoms with Crippen LogP contribution in [0.3, 0.4) is 0 Å². The van der Waals surface area contributed by atoms with Crippen molar-refractivity contribution < 1.29 is 9.59 Å². The Bertz CT molecular complexity index is 667. The molecule has 1 saturated heterocycles. The van der Waals surface area contributed by atoms with Crippen LogP contribution in [0.2, 0.25) is 0 Å². The van der Waals surface area contributed by atoms with Gasteiger partial charge in [-0.2, -0.15) is 5.26 Å². The summed E-state index contributed by atoms with van der Waals surface area (Å²) in [6.45, 7) is 9.87. The number of amides is 3. The van der Waals surface area contributed by atoms with E-state index in [-0.39, 0.29) is 17.9 Å². The third-order valence-electron chi connectivity index (χ3n) is 4.28. The van der Waals surface area contributed by atoms with E-state index in [9.17, 15) is 9.59 Å². The first-order valence-corrected chi connectivity index (χ1v) is 7.74. The molecule has 1 aliphatic rings. The van der Waals surface area contributed by atoms with Gasteiger partial charge in [-0.05, 0) is 30.4 Å². The summed E-state index contributed by atoms with van der Waals surface area (Å²) in [4.78, 5) is 26.0. The van der Waals surface area contributed by atoms with Gasteiger partial charge in [0, 0.05) is 6.54 Å². The van der Waals surface area contributed by atoms with Crippen molar-refractivity contribution in [2.75, 3.05) is 6.54 Å². The monoisotopic (exact) mass is 313 g/mol. The summed E-state index contributed by atoms with van der Waals surface area (Å²) in [6.07, 6.45) is 0. The molecule has 0 aliphatic carbocycles. The van der Waals surface area contributed by atoms with E-state index in [4.69, 9.17) is 5.26 Å². The number of urea groups is 1. The largest absolute Gasteiger partial charge is 0.325 e. The quantitative estimate of drug-likeness (QED) is 0.872. The molecule has 0 radical (unpaired) electrons. The summed E-state index contributed by atoms with van der Waals surface area (Å²) < 4.78 is 0. The van der Waals surface area contributed by atoms with Gasteiger partial charge in [0.05, 0.1) is 12.0 Å². The molecule has 2 unspecified atom stereocenters. The lowest BCUT2D eigenvalue weighted by molar-refractivity contribution is -0.131. The van der Waals surface area contributed by atoms with E-state index in [1.165, 1.54) is 0 Å². The molecule has 0 bridgehead atoms. The van der Waals surface area contributed by atoms with Crippen LogP contribution < -0.4 is 5.32 Å². The fourth-order valence-electron chi connectivity index (χ4n) is 2.68. The summed E-state index contributed by atoms with van der Waals surface area (Å²) in [7, 11) is 0. The molecule has 1 aromatic rings. The molecule has 122 valence electrons. The van der Waals surface area contributed by atoms with Gasteiger partial charge in [-0.1, -0.05) is 45.0 Å². The minimum absolute atomic E-state index is 0.0244. The Hall–Kier alpha value is -2.35. The van der Waals surface area contributed by atoms with Crippen LogP contribution in [0.5, 0.6) is 0 Å². The van der Waals surface area contributed by atoms with Gasteiger partial charge in [-0.25, -0.2) is 4.79 Å². The van der Waals surface area contributed by atoms with Crippen molar-refractivity contribution in [2.24, 2.45) is 5.92 Å². The molecule has 1 aromatic carbocycles. The van der Waals surface area contributed by atoms with Crippen molar-refractivity contribution in [1.82, 2.24) is 10.2 Å². The maximum Gasteiger partial charge on any atom is 0.325 e. The first-order valence-electron chi connectivity index (χ1n) is 7.74. The highest BCUT2D eigenvalue weighted by Crippen LogP contribution is 2.31. The maximum absolute atomic E-state index is 12.7. The van der Waals surface area contributed by atoms with Gasteiger partial charge >= 0.3 is 6.03 Å². The lowest BCUT2D eigenvalue weighted by atomic mass is 9.84. The minimum Gasteiger partial charge on any atom is -0.319 e. The predicted molar refractivity (Wildman–Crippen MR) is 87.5 cm³/mol. The number of carbonyl (C=O) groups is 2. The molecule has 5 nitrogen and oxygen atoms in total. The highest BCUT2D eigenvalue weighted by Gasteiger charge is 2.49. The number of nitrogens with one attached hydrogen (secondary N) is 1. The normalized spacial score (nSPS) is 22.7. The molecule has 23 heavy (non-hydrogen) atoms. The standard InChI is InChI=1S/C18H23N3O2/c1-12(10-19)11-21-15(22)18(5,20-16(21)23)14-8-6-13(7-9-14)17(2,3)4/h6-9,12H,11H2,1-5H3,(H,20,23). The number of imide groups is 1. The summed E-state index contributed by atoms with van der Waals surface area (Å²) in [5, 5.41) is 11.7. The van der Waals surface area contributed by atoms with Crippen LogP contribution >= 0.6 is 0 Å². The molecular weight excluding hydrogens is 290 g/mol. The van der Waals surface area contributed by atoms with E-state index in [2.05, 4.69) is 32.2 Å².